The number of nitrogen functional groups attached to an aromatic ring is 1. The number of hydrogen-bond donors (Lipinski definition) is 2. The van der Waals surface area contributed by atoms with Crippen LogP contribution in [0.2, 0.25) is 0 Å². The van der Waals surface area contributed by atoms with Crippen molar-refractivity contribution in [3.8, 4) is 0 Å². The van der Waals surface area contributed by atoms with E-state index in [1.165, 1.54) is 0 Å². The van der Waals surface area contributed by atoms with E-state index in [4.69, 9.17) is 10.5 Å². The average Bonchev–Trinajstić information content (AvgIpc) is 2.52. The molecule has 0 radical (unpaired) electrons. The largest absolute Gasteiger partial charge is 0.460 e. The lowest BCUT2D eigenvalue weighted by atomic mass is 10.2. The van der Waals surface area contributed by atoms with Crippen molar-refractivity contribution in [3.63, 3.8) is 0 Å². The van der Waals surface area contributed by atoms with E-state index in [9.17, 15) is 9.59 Å². The Morgan fingerprint density at radius 2 is 1.67 bits per heavy atom. The third-order valence-corrected chi connectivity index (χ3v) is 2.81. The van der Waals surface area contributed by atoms with E-state index < -0.39 is 5.97 Å². The van der Waals surface area contributed by atoms with Crippen molar-refractivity contribution in [2.45, 2.75) is 6.61 Å². The Balaban J connectivity index is 1.76. The fraction of sp³-hybridized carbons (Fsp3) is 0.125. The first-order valence-corrected chi connectivity index (χ1v) is 6.48. The Morgan fingerprint density at radius 3 is 2.33 bits per heavy atom. The molecule has 2 aromatic rings. The van der Waals surface area contributed by atoms with E-state index >= 15 is 0 Å². The van der Waals surface area contributed by atoms with Crippen molar-refractivity contribution < 1.29 is 14.3 Å². The number of benzene rings is 2. The summed E-state index contributed by atoms with van der Waals surface area (Å²) in [7, 11) is 0. The fourth-order valence-electron chi connectivity index (χ4n) is 1.68. The highest BCUT2D eigenvalue weighted by atomic mass is 16.5. The first-order chi connectivity index (χ1) is 10.1. The molecule has 0 aliphatic heterocycles. The number of carbonyl (C=O) groups excluding carboxylic acids is 2. The quantitative estimate of drug-likeness (QED) is 0.647. The van der Waals surface area contributed by atoms with E-state index in [1.54, 1.807) is 24.3 Å². The molecule has 0 aliphatic carbocycles. The first-order valence-electron chi connectivity index (χ1n) is 6.48. The zero-order chi connectivity index (χ0) is 15.1. The lowest BCUT2D eigenvalue weighted by Crippen LogP contribution is -2.30. The maximum absolute atomic E-state index is 11.8. The summed E-state index contributed by atoms with van der Waals surface area (Å²) < 4.78 is 5.06. The van der Waals surface area contributed by atoms with Crippen LogP contribution in [-0.4, -0.2) is 18.4 Å². The normalized spacial score (nSPS) is 9.90. The highest BCUT2D eigenvalue weighted by Crippen LogP contribution is 2.05. The van der Waals surface area contributed by atoms with Gasteiger partial charge in [0.15, 0.2) is 0 Å². The van der Waals surface area contributed by atoms with E-state index in [0.717, 1.165) is 5.56 Å². The van der Waals surface area contributed by atoms with Gasteiger partial charge < -0.3 is 15.8 Å². The minimum absolute atomic E-state index is 0.171. The summed E-state index contributed by atoms with van der Waals surface area (Å²) in [6.07, 6.45) is 0. The highest BCUT2D eigenvalue weighted by Gasteiger charge is 2.08. The lowest BCUT2D eigenvalue weighted by Gasteiger charge is -2.07. The van der Waals surface area contributed by atoms with E-state index in [2.05, 4.69) is 5.32 Å². The standard InChI is InChI=1S/C16H16N2O3/c17-14-8-6-13(7-9-14)16(20)18-10-15(19)21-11-12-4-2-1-3-5-12/h1-9H,10-11,17H2,(H,18,20). The van der Waals surface area contributed by atoms with Gasteiger partial charge in [0, 0.05) is 11.3 Å². The average molecular weight is 284 g/mol. The van der Waals surface area contributed by atoms with Crippen molar-refractivity contribution in [2.24, 2.45) is 0 Å². The van der Waals surface area contributed by atoms with Gasteiger partial charge >= 0.3 is 5.97 Å². The van der Waals surface area contributed by atoms with E-state index in [0.29, 0.717) is 11.3 Å². The second-order valence-electron chi connectivity index (χ2n) is 4.45. The molecule has 0 saturated carbocycles. The summed E-state index contributed by atoms with van der Waals surface area (Å²) in [5.41, 5.74) is 7.46. The van der Waals surface area contributed by atoms with Crippen LogP contribution in [0.3, 0.4) is 0 Å². The molecule has 2 rings (SSSR count). The molecule has 1 amide bonds. The number of amides is 1. The van der Waals surface area contributed by atoms with Crippen molar-refractivity contribution in [1.29, 1.82) is 0 Å². The second-order valence-corrected chi connectivity index (χ2v) is 4.45. The molecule has 0 atom stereocenters. The van der Waals surface area contributed by atoms with Crippen molar-refractivity contribution in [1.82, 2.24) is 5.32 Å². The van der Waals surface area contributed by atoms with Gasteiger partial charge in [-0.25, -0.2) is 0 Å². The molecule has 0 spiro atoms. The van der Waals surface area contributed by atoms with Gasteiger partial charge in [-0.2, -0.15) is 0 Å². The molecule has 21 heavy (non-hydrogen) atoms. The van der Waals surface area contributed by atoms with Gasteiger partial charge in [0.25, 0.3) is 5.91 Å². The molecular formula is C16H16N2O3. The molecule has 0 bridgehead atoms. The predicted octanol–water partition coefficient (Wildman–Crippen LogP) is 1.74. The number of nitrogens with one attached hydrogen (secondary N) is 1. The molecular weight excluding hydrogens is 268 g/mol. The van der Waals surface area contributed by atoms with Crippen LogP contribution in [0.25, 0.3) is 0 Å². The number of anilines is 1. The predicted molar refractivity (Wildman–Crippen MR) is 79.4 cm³/mol. The van der Waals surface area contributed by atoms with Crippen LogP contribution in [0.4, 0.5) is 5.69 Å². The van der Waals surface area contributed by atoms with Crippen LogP contribution in [0.5, 0.6) is 0 Å². The Morgan fingerprint density at radius 1 is 1.00 bits per heavy atom. The molecule has 0 unspecified atom stereocenters. The van der Waals surface area contributed by atoms with Crippen LogP contribution in [0, 0.1) is 0 Å². The molecule has 5 heteroatoms. The molecule has 0 aromatic heterocycles. The van der Waals surface area contributed by atoms with Crippen LogP contribution >= 0.6 is 0 Å². The molecule has 5 nitrogen and oxygen atoms in total. The summed E-state index contributed by atoms with van der Waals surface area (Å²) in [6, 6.07) is 15.8. The molecule has 108 valence electrons. The molecule has 0 saturated heterocycles. The summed E-state index contributed by atoms with van der Waals surface area (Å²) >= 11 is 0. The maximum atomic E-state index is 11.8. The highest BCUT2D eigenvalue weighted by molar-refractivity contribution is 5.96. The minimum atomic E-state index is -0.484. The number of rotatable bonds is 5. The van der Waals surface area contributed by atoms with Gasteiger partial charge in [0.2, 0.25) is 0 Å². The van der Waals surface area contributed by atoms with Gasteiger partial charge in [0.1, 0.15) is 13.2 Å². The number of hydrogen-bond acceptors (Lipinski definition) is 4. The van der Waals surface area contributed by atoms with Crippen molar-refractivity contribution in [3.05, 3.63) is 65.7 Å². The summed E-state index contributed by atoms with van der Waals surface area (Å²) in [4.78, 5) is 23.3. The van der Waals surface area contributed by atoms with Crippen LogP contribution in [-0.2, 0) is 16.1 Å². The summed E-state index contributed by atoms with van der Waals surface area (Å²) in [5, 5.41) is 2.50. The smallest absolute Gasteiger partial charge is 0.325 e. The van der Waals surface area contributed by atoms with Crippen molar-refractivity contribution >= 4 is 17.6 Å². The summed E-state index contributed by atoms with van der Waals surface area (Å²) in [5.74, 6) is -0.825. The van der Waals surface area contributed by atoms with Gasteiger partial charge in [-0.05, 0) is 29.8 Å². The first kappa shape index (κ1) is 14.6. The van der Waals surface area contributed by atoms with Crippen LogP contribution in [0.15, 0.2) is 54.6 Å². The zero-order valence-corrected chi connectivity index (χ0v) is 11.4. The van der Waals surface area contributed by atoms with Gasteiger partial charge in [-0.3, -0.25) is 9.59 Å². The Kier molecular flexibility index (Phi) is 4.93. The number of nitrogens with two attached hydrogens (primary N) is 1. The van der Waals surface area contributed by atoms with Gasteiger partial charge in [-0.1, -0.05) is 30.3 Å². The zero-order valence-electron chi connectivity index (χ0n) is 11.4. The van der Waals surface area contributed by atoms with Gasteiger partial charge in [0.05, 0.1) is 0 Å². The Hall–Kier alpha value is -2.82. The molecule has 0 aliphatic rings. The van der Waals surface area contributed by atoms with Crippen molar-refractivity contribution in [2.75, 3.05) is 12.3 Å². The van der Waals surface area contributed by atoms with E-state index in [1.807, 2.05) is 30.3 Å². The number of esters is 1. The number of ether oxygens (including phenoxy) is 1. The molecule has 0 fully saturated rings. The van der Waals surface area contributed by atoms with E-state index in [-0.39, 0.29) is 19.1 Å². The topological polar surface area (TPSA) is 81.4 Å². The summed E-state index contributed by atoms with van der Waals surface area (Å²) in [6.45, 7) is 0.0213. The molecule has 3 N–H and O–H groups in total. The molecule has 2 aromatic carbocycles. The van der Waals surface area contributed by atoms with Crippen LogP contribution in [0.1, 0.15) is 15.9 Å². The van der Waals surface area contributed by atoms with Gasteiger partial charge in [-0.15, -0.1) is 0 Å². The third kappa shape index (κ3) is 4.65. The molecule has 0 heterocycles. The minimum Gasteiger partial charge on any atom is -0.460 e. The third-order valence-electron chi connectivity index (χ3n) is 2.81. The Labute approximate surface area is 122 Å². The van der Waals surface area contributed by atoms with Crippen LogP contribution < -0.4 is 11.1 Å². The Bertz CT molecular complexity index is 609. The monoisotopic (exact) mass is 284 g/mol. The second kappa shape index (κ2) is 7.09. The SMILES string of the molecule is Nc1ccc(C(=O)NCC(=O)OCc2ccccc2)cc1. The fourth-order valence-corrected chi connectivity index (χ4v) is 1.68. The lowest BCUT2D eigenvalue weighted by molar-refractivity contribution is -0.143. The maximum Gasteiger partial charge on any atom is 0.325 e. The number of carbonyl (C=O) groups is 2.